The molecular formula is C16H15N3O. The minimum Gasteiger partial charge on any atom is -0.488 e. The van der Waals surface area contributed by atoms with Crippen molar-refractivity contribution in [1.29, 1.82) is 0 Å². The number of benzene rings is 2. The fraction of sp³-hybridized carbons (Fsp3) is 0.188. The SMILES string of the molecule is NCC1Cc2cccc(-c3ccc4[nH]ncc4c3)c2O1. The number of nitrogens with one attached hydrogen (secondary N) is 1. The third kappa shape index (κ3) is 1.69. The van der Waals surface area contributed by atoms with Crippen LogP contribution in [0.2, 0.25) is 0 Å². The molecule has 1 aliphatic heterocycles. The summed E-state index contributed by atoms with van der Waals surface area (Å²) in [6.45, 7) is 0.550. The van der Waals surface area contributed by atoms with Gasteiger partial charge in [0.2, 0.25) is 0 Å². The van der Waals surface area contributed by atoms with Crippen LogP contribution in [0.5, 0.6) is 5.75 Å². The van der Waals surface area contributed by atoms with Crippen molar-refractivity contribution in [2.24, 2.45) is 5.73 Å². The van der Waals surface area contributed by atoms with E-state index in [9.17, 15) is 0 Å². The molecule has 0 amide bonds. The Kier molecular flexibility index (Phi) is 2.50. The normalized spacial score (nSPS) is 17.1. The predicted molar refractivity (Wildman–Crippen MR) is 78.7 cm³/mol. The van der Waals surface area contributed by atoms with Gasteiger partial charge in [-0.1, -0.05) is 24.3 Å². The van der Waals surface area contributed by atoms with E-state index in [2.05, 4.69) is 40.5 Å². The monoisotopic (exact) mass is 265 g/mol. The van der Waals surface area contributed by atoms with Crippen LogP contribution in [-0.2, 0) is 6.42 Å². The molecule has 4 heteroatoms. The first-order chi connectivity index (χ1) is 9.85. The predicted octanol–water partition coefficient (Wildman–Crippen LogP) is 2.49. The molecule has 3 aromatic rings. The number of hydrogen-bond donors (Lipinski definition) is 2. The lowest BCUT2D eigenvalue weighted by Gasteiger charge is -2.11. The van der Waals surface area contributed by atoms with Crippen molar-refractivity contribution >= 4 is 10.9 Å². The first kappa shape index (κ1) is 11.5. The molecule has 0 saturated carbocycles. The molecule has 3 N–H and O–H groups in total. The Morgan fingerprint density at radius 1 is 1.30 bits per heavy atom. The lowest BCUT2D eigenvalue weighted by atomic mass is 10.00. The van der Waals surface area contributed by atoms with Crippen LogP contribution in [0.3, 0.4) is 0 Å². The summed E-state index contributed by atoms with van der Waals surface area (Å²) in [5, 5.41) is 8.14. The number of H-pyrrole nitrogens is 1. The molecule has 1 aliphatic rings. The van der Waals surface area contributed by atoms with Crippen molar-refractivity contribution in [3.8, 4) is 16.9 Å². The lowest BCUT2D eigenvalue weighted by Crippen LogP contribution is -2.24. The van der Waals surface area contributed by atoms with Gasteiger partial charge in [0.25, 0.3) is 0 Å². The summed E-state index contributed by atoms with van der Waals surface area (Å²) < 4.78 is 5.99. The number of fused-ring (bicyclic) bond motifs is 2. The van der Waals surface area contributed by atoms with Crippen molar-refractivity contribution < 1.29 is 4.74 Å². The molecule has 2 aromatic carbocycles. The van der Waals surface area contributed by atoms with Crippen LogP contribution in [0.25, 0.3) is 22.0 Å². The molecule has 1 atom stereocenters. The second-order valence-corrected chi connectivity index (χ2v) is 5.15. The van der Waals surface area contributed by atoms with Crippen LogP contribution >= 0.6 is 0 Å². The van der Waals surface area contributed by atoms with Gasteiger partial charge in [0, 0.05) is 23.9 Å². The summed E-state index contributed by atoms with van der Waals surface area (Å²) in [5.41, 5.74) is 10.3. The Balaban J connectivity index is 1.85. The lowest BCUT2D eigenvalue weighted by molar-refractivity contribution is 0.242. The average Bonchev–Trinajstić information content (AvgIpc) is 3.11. The van der Waals surface area contributed by atoms with Gasteiger partial charge in [0.1, 0.15) is 11.9 Å². The van der Waals surface area contributed by atoms with Crippen LogP contribution in [0.15, 0.2) is 42.6 Å². The third-order valence-corrected chi connectivity index (χ3v) is 3.84. The van der Waals surface area contributed by atoms with Gasteiger partial charge in [-0.25, -0.2) is 0 Å². The van der Waals surface area contributed by atoms with E-state index in [1.807, 2.05) is 12.3 Å². The van der Waals surface area contributed by atoms with Gasteiger partial charge < -0.3 is 10.5 Å². The summed E-state index contributed by atoms with van der Waals surface area (Å²) in [5.74, 6) is 0.978. The minimum atomic E-state index is 0.101. The van der Waals surface area contributed by atoms with Crippen LogP contribution in [-0.4, -0.2) is 22.8 Å². The highest BCUT2D eigenvalue weighted by Crippen LogP contribution is 2.39. The summed E-state index contributed by atoms with van der Waals surface area (Å²) in [7, 11) is 0. The number of nitrogens with two attached hydrogens (primary N) is 1. The molecule has 100 valence electrons. The van der Waals surface area contributed by atoms with Gasteiger partial charge in [0.15, 0.2) is 0 Å². The zero-order valence-electron chi connectivity index (χ0n) is 11.0. The largest absolute Gasteiger partial charge is 0.488 e. The molecule has 20 heavy (non-hydrogen) atoms. The highest BCUT2D eigenvalue weighted by molar-refractivity contribution is 5.85. The maximum atomic E-state index is 5.99. The summed E-state index contributed by atoms with van der Waals surface area (Å²) in [6.07, 6.45) is 2.84. The number of ether oxygens (including phenoxy) is 1. The number of aromatic amines is 1. The van der Waals surface area contributed by atoms with Crippen LogP contribution in [0.4, 0.5) is 0 Å². The van der Waals surface area contributed by atoms with Crippen LogP contribution in [0, 0.1) is 0 Å². The molecule has 0 saturated heterocycles. The molecule has 0 radical (unpaired) electrons. The van der Waals surface area contributed by atoms with Gasteiger partial charge in [0.05, 0.1) is 11.7 Å². The highest BCUT2D eigenvalue weighted by atomic mass is 16.5. The molecular weight excluding hydrogens is 250 g/mol. The van der Waals surface area contributed by atoms with Crippen molar-refractivity contribution in [3.63, 3.8) is 0 Å². The number of para-hydroxylation sites is 1. The van der Waals surface area contributed by atoms with Crippen molar-refractivity contribution in [1.82, 2.24) is 10.2 Å². The van der Waals surface area contributed by atoms with Crippen LogP contribution < -0.4 is 10.5 Å². The topological polar surface area (TPSA) is 63.9 Å². The maximum absolute atomic E-state index is 5.99. The van der Waals surface area contributed by atoms with Crippen LogP contribution in [0.1, 0.15) is 5.56 Å². The fourth-order valence-electron chi connectivity index (χ4n) is 2.81. The molecule has 1 aromatic heterocycles. The number of hydrogen-bond acceptors (Lipinski definition) is 3. The Hall–Kier alpha value is -2.33. The molecule has 0 fully saturated rings. The molecule has 0 spiro atoms. The standard InChI is InChI=1S/C16H15N3O/c17-8-13-7-11-2-1-3-14(16(11)20-13)10-4-5-15-12(6-10)9-18-19-15/h1-6,9,13H,7-8,17H2,(H,18,19). The van der Waals surface area contributed by atoms with Crippen molar-refractivity contribution in [2.75, 3.05) is 6.54 Å². The smallest absolute Gasteiger partial charge is 0.130 e. The Labute approximate surface area is 116 Å². The molecule has 4 nitrogen and oxygen atoms in total. The highest BCUT2D eigenvalue weighted by Gasteiger charge is 2.24. The van der Waals surface area contributed by atoms with E-state index >= 15 is 0 Å². The van der Waals surface area contributed by atoms with Crippen molar-refractivity contribution in [2.45, 2.75) is 12.5 Å². The number of nitrogens with zero attached hydrogens (tertiary/aromatic N) is 1. The molecule has 4 rings (SSSR count). The Morgan fingerprint density at radius 3 is 3.15 bits per heavy atom. The van der Waals surface area contributed by atoms with Gasteiger partial charge in [-0.05, 0) is 23.3 Å². The number of rotatable bonds is 2. The van der Waals surface area contributed by atoms with Crippen molar-refractivity contribution in [3.05, 3.63) is 48.2 Å². The van der Waals surface area contributed by atoms with E-state index in [1.165, 1.54) is 5.56 Å². The Morgan fingerprint density at radius 2 is 2.25 bits per heavy atom. The molecule has 1 unspecified atom stereocenters. The van der Waals surface area contributed by atoms with Gasteiger partial charge in [-0.2, -0.15) is 5.10 Å². The quantitative estimate of drug-likeness (QED) is 0.748. The second-order valence-electron chi connectivity index (χ2n) is 5.15. The molecule has 0 aliphatic carbocycles. The summed E-state index contributed by atoms with van der Waals surface area (Å²) >= 11 is 0. The minimum absolute atomic E-state index is 0.101. The molecule has 0 bridgehead atoms. The zero-order chi connectivity index (χ0) is 13.5. The molecule has 2 heterocycles. The zero-order valence-corrected chi connectivity index (χ0v) is 11.0. The first-order valence-electron chi connectivity index (χ1n) is 6.77. The van der Waals surface area contributed by atoms with Gasteiger partial charge >= 0.3 is 0 Å². The van der Waals surface area contributed by atoms with E-state index in [4.69, 9.17) is 10.5 Å². The van der Waals surface area contributed by atoms with E-state index in [1.54, 1.807) is 0 Å². The third-order valence-electron chi connectivity index (χ3n) is 3.84. The summed E-state index contributed by atoms with van der Waals surface area (Å²) in [6, 6.07) is 12.6. The van der Waals surface area contributed by atoms with Gasteiger partial charge in [-0.15, -0.1) is 0 Å². The second kappa shape index (κ2) is 4.35. The van der Waals surface area contributed by atoms with E-state index in [-0.39, 0.29) is 6.10 Å². The Bertz CT molecular complexity index is 778. The fourth-order valence-corrected chi connectivity index (χ4v) is 2.81. The van der Waals surface area contributed by atoms with E-state index in [0.29, 0.717) is 6.54 Å². The number of aromatic nitrogens is 2. The summed E-state index contributed by atoms with van der Waals surface area (Å²) in [4.78, 5) is 0. The average molecular weight is 265 g/mol. The van der Waals surface area contributed by atoms with E-state index in [0.717, 1.165) is 34.2 Å². The maximum Gasteiger partial charge on any atom is 0.130 e. The first-order valence-corrected chi connectivity index (χ1v) is 6.77. The van der Waals surface area contributed by atoms with Gasteiger partial charge in [-0.3, -0.25) is 5.10 Å². The van der Waals surface area contributed by atoms with E-state index < -0.39 is 0 Å².